The van der Waals surface area contributed by atoms with Crippen molar-refractivity contribution in [1.29, 1.82) is 0 Å². The standard InChI is InChI=1S/C24H31NO8S/c1-15(26)31-14-18-13-17(21(33-34(6,28)29)22(25)24(2,3)4)9-12-20(18)32-23(27)16-7-10-19(30-5)11-8-16/h7-13,21-22H,14,25H2,1-6H3. The fraction of sp³-hybridized carbons (Fsp3) is 0.417. The maximum absolute atomic E-state index is 12.7. The zero-order chi connectivity index (χ0) is 25.7. The van der Waals surface area contributed by atoms with Crippen molar-refractivity contribution in [2.75, 3.05) is 13.4 Å². The van der Waals surface area contributed by atoms with E-state index in [0.29, 0.717) is 16.9 Å². The van der Waals surface area contributed by atoms with Crippen LogP contribution < -0.4 is 15.2 Å². The topological polar surface area (TPSA) is 131 Å². The first-order chi connectivity index (χ1) is 15.7. The van der Waals surface area contributed by atoms with E-state index in [1.165, 1.54) is 20.1 Å². The summed E-state index contributed by atoms with van der Waals surface area (Å²) in [5, 5.41) is 0. The number of hydrogen-bond acceptors (Lipinski definition) is 9. The summed E-state index contributed by atoms with van der Waals surface area (Å²) in [7, 11) is -2.33. The second-order valence-corrected chi connectivity index (χ2v) is 10.5. The number of methoxy groups -OCH3 is 1. The van der Waals surface area contributed by atoms with Crippen LogP contribution in [0.4, 0.5) is 0 Å². The minimum atomic E-state index is -3.85. The Morgan fingerprint density at radius 1 is 1.06 bits per heavy atom. The quantitative estimate of drug-likeness (QED) is 0.317. The molecule has 2 rings (SSSR count). The molecule has 0 spiro atoms. The zero-order valence-corrected chi connectivity index (χ0v) is 21.0. The van der Waals surface area contributed by atoms with E-state index in [0.717, 1.165) is 6.26 Å². The van der Waals surface area contributed by atoms with Crippen molar-refractivity contribution in [3.8, 4) is 11.5 Å². The van der Waals surface area contributed by atoms with Gasteiger partial charge < -0.3 is 19.9 Å². The van der Waals surface area contributed by atoms with Gasteiger partial charge >= 0.3 is 11.9 Å². The second-order valence-electron chi connectivity index (χ2n) is 8.88. The molecule has 0 aliphatic heterocycles. The van der Waals surface area contributed by atoms with E-state index in [4.69, 9.17) is 24.1 Å². The van der Waals surface area contributed by atoms with Gasteiger partial charge in [0.1, 0.15) is 24.2 Å². The summed E-state index contributed by atoms with van der Waals surface area (Å²) in [4.78, 5) is 24.1. The number of ether oxygens (including phenoxy) is 3. The van der Waals surface area contributed by atoms with Gasteiger partial charge in [-0.2, -0.15) is 8.42 Å². The van der Waals surface area contributed by atoms with Crippen LogP contribution in [0.1, 0.15) is 55.3 Å². The van der Waals surface area contributed by atoms with E-state index in [9.17, 15) is 18.0 Å². The van der Waals surface area contributed by atoms with Crippen LogP contribution in [0.15, 0.2) is 42.5 Å². The minimum Gasteiger partial charge on any atom is -0.497 e. The molecule has 0 aliphatic carbocycles. The number of hydrogen-bond donors (Lipinski definition) is 1. The van der Waals surface area contributed by atoms with E-state index >= 15 is 0 Å². The summed E-state index contributed by atoms with van der Waals surface area (Å²) in [6, 6.07) is 10.3. The molecule has 2 unspecified atom stereocenters. The number of nitrogens with two attached hydrogens (primary N) is 1. The molecule has 0 saturated heterocycles. The van der Waals surface area contributed by atoms with Crippen LogP contribution >= 0.6 is 0 Å². The Labute approximate surface area is 200 Å². The van der Waals surface area contributed by atoms with Crippen LogP contribution in [-0.2, 0) is 30.4 Å². The lowest BCUT2D eigenvalue weighted by Crippen LogP contribution is -2.42. The highest BCUT2D eigenvalue weighted by Gasteiger charge is 2.34. The SMILES string of the molecule is COc1ccc(C(=O)Oc2ccc(C(OS(C)(=O)=O)C(N)C(C)(C)C)cc2COC(C)=O)cc1. The van der Waals surface area contributed by atoms with E-state index < -0.39 is 39.6 Å². The highest BCUT2D eigenvalue weighted by atomic mass is 32.2. The maximum atomic E-state index is 12.7. The van der Waals surface area contributed by atoms with Gasteiger partial charge in [-0.3, -0.25) is 8.98 Å². The van der Waals surface area contributed by atoms with Gasteiger partial charge in [0.15, 0.2) is 0 Å². The predicted octanol–water partition coefficient (Wildman–Crippen LogP) is 3.37. The maximum Gasteiger partial charge on any atom is 0.343 e. The van der Waals surface area contributed by atoms with Crippen LogP contribution in [0, 0.1) is 5.41 Å². The third-order valence-electron chi connectivity index (χ3n) is 4.98. The van der Waals surface area contributed by atoms with Crippen molar-refractivity contribution in [2.45, 2.75) is 46.4 Å². The van der Waals surface area contributed by atoms with Crippen LogP contribution in [0.2, 0.25) is 0 Å². The zero-order valence-electron chi connectivity index (χ0n) is 20.2. The average Bonchev–Trinajstić information content (AvgIpc) is 2.75. The normalized spacial score (nSPS) is 13.6. The highest BCUT2D eigenvalue weighted by Crippen LogP contribution is 2.35. The van der Waals surface area contributed by atoms with Crippen molar-refractivity contribution >= 4 is 22.1 Å². The molecule has 2 aromatic rings. The third kappa shape index (κ3) is 7.82. The minimum absolute atomic E-state index is 0.147. The smallest absolute Gasteiger partial charge is 0.343 e. The van der Waals surface area contributed by atoms with Crippen molar-refractivity contribution in [2.24, 2.45) is 11.1 Å². The van der Waals surface area contributed by atoms with Gasteiger partial charge in [0, 0.05) is 18.5 Å². The Morgan fingerprint density at radius 2 is 1.68 bits per heavy atom. The largest absolute Gasteiger partial charge is 0.497 e. The Kier molecular flexibility index (Phi) is 8.82. The molecular formula is C24H31NO8S. The van der Waals surface area contributed by atoms with Crippen molar-refractivity contribution < 1.29 is 36.4 Å². The van der Waals surface area contributed by atoms with E-state index in [1.54, 1.807) is 36.4 Å². The lowest BCUT2D eigenvalue weighted by atomic mass is 9.81. The van der Waals surface area contributed by atoms with Gasteiger partial charge in [0.05, 0.1) is 18.9 Å². The predicted molar refractivity (Wildman–Crippen MR) is 126 cm³/mol. The van der Waals surface area contributed by atoms with Gasteiger partial charge in [-0.1, -0.05) is 26.8 Å². The molecule has 0 aromatic heterocycles. The molecule has 0 bridgehead atoms. The Morgan fingerprint density at radius 3 is 2.18 bits per heavy atom. The molecule has 0 amide bonds. The molecule has 9 nitrogen and oxygen atoms in total. The molecule has 0 saturated carbocycles. The summed E-state index contributed by atoms with van der Waals surface area (Å²) in [6.07, 6.45) is -0.0717. The highest BCUT2D eigenvalue weighted by molar-refractivity contribution is 7.86. The van der Waals surface area contributed by atoms with Crippen LogP contribution in [0.25, 0.3) is 0 Å². The molecule has 10 heteroatoms. The fourth-order valence-electron chi connectivity index (χ4n) is 3.02. The molecule has 0 aliphatic rings. The number of carbonyl (C=O) groups is 2. The number of carbonyl (C=O) groups excluding carboxylic acids is 2. The molecule has 2 aromatic carbocycles. The van der Waals surface area contributed by atoms with Crippen molar-refractivity contribution in [1.82, 2.24) is 0 Å². The molecule has 186 valence electrons. The van der Waals surface area contributed by atoms with Crippen LogP contribution in [0.3, 0.4) is 0 Å². The molecule has 2 N–H and O–H groups in total. The summed E-state index contributed by atoms with van der Waals surface area (Å²) >= 11 is 0. The molecule has 0 fully saturated rings. The van der Waals surface area contributed by atoms with Crippen LogP contribution in [-0.4, -0.2) is 39.8 Å². The first kappa shape index (κ1) is 27.3. The average molecular weight is 494 g/mol. The lowest BCUT2D eigenvalue weighted by Gasteiger charge is -2.33. The van der Waals surface area contributed by atoms with E-state index in [1.807, 2.05) is 20.8 Å². The van der Waals surface area contributed by atoms with Crippen molar-refractivity contribution in [3.05, 3.63) is 59.2 Å². The molecule has 2 atom stereocenters. The van der Waals surface area contributed by atoms with Crippen LogP contribution in [0.5, 0.6) is 11.5 Å². The number of esters is 2. The Bertz CT molecular complexity index is 1120. The molecule has 0 radical (unpaired) electrons. The van der Waals surface area contributed by atoms with Crippen molar-refractivity contribution in [3.63, 3.8) is 0 Å². The number of rotatable bonds is 9. The van der Waals surface area contributed by atoms with Gasteiger partial charge in [-0.25, -0.2) is 4.79 Å². The van der Waals surface area contributed by atoms with Gasteiger partial charge in [0.25, 0.3) is 10.1 Å². The van der Waals surface area contributed by atoms with Gasteiger partial charge in [0.2, 0.25) is 0 Å². The first-order valence-corrected chi connectivity index (χ1v) is 12.3. The van der Waals surface area contributed by atoms with E-state index in [-0.39, 0.29) is 17.9 Å². The number of benzene rings is 2. The monoisotopic (exact) mass is 493 g/mol. The molecular weight excluding hydrogens is 462 g/mol. The molecule has 0 heterocycles. The van der Waals surface area contributed by atoms with Gasteiger partial charge in [-0.15, -0.1) is 0 Å². The first-order valence-electron chi connectivity index (χ1n) is 10.5. The lowest BCUT2D eigenvalue weighted by molar-refractivity contribution is -0.142. The fourth-order valence-corrected chi connectivity index (χ4v) is 3.63. The Hall–Kier alpha value is -2.95. The Balaban J connectivity index is 2.45. The second kappa shape index (κ2) is 11.0. The van der Waals surface area contributed by atoms with Gasteiger partial charge in [-0.05, 0) is 47.4 Å². The summed E-state index contributed by atoms with van der Waals surface area (Å²) < 4.78 is 44.9. The third-order valence-corrected chi connectivity index (χ3v) is 5.53. The van der Waals surface area contributed by atoms with E-state index in [2.05, 4.69) is 0 Å². The summed E-state index contributed by atoms with van der Waals surface area (Å²) in [5.41, 5.74) is 6.92. The molecule has 34 heavy (non-hydrogen) atoms. The summed E-state index contributed by atoms with van der Waals surface area (Å²) in [5.74, 6) is -0.431. The summed E-state index contributed by atoms with van der Waals surface area (Å²) in [6.45, 7) is 6.63.